The summed E-state index contributed by atoms with van der Waals surface area (Å²) in [5.41, 5.74) is 0.356. The number of ether oxygens (including phenoxy) is 1. The third kappa shape index (κ3) is 4.49. The quantitative estimate of drug-likeness (QED) is 0.788. The SMILES string of the molecule is N#Cc1ccccc1OCC(=O)NC(CC(=O)O)C1CC1. The topological polar surface area (TPSA) is 99.4 Å². The van der Waals surface area contributed by atoms with Crippen molar-refractivity contribution in [2.75, 3.05) is 6.61 Å². The molecule has 1 aliphatic rings. The van der Waals surface area contributed by atoms with Gasteiger partial charge in [-0.3, -0.25) is 9.59 Å². The Bertz CT molecular complexity index is 575. The van der Waals surface area contributed by atoms with Crippen molar-refractivity contribution in [3.8, 4) is 11.8 Å². The van der Waals surface area contributed by atoms with Gasteiger partial charge < -0.3 is 15.2 Å². The number of nitrogens with one attached hydrogen (secondary N) is 1. The van der Waals surface area contributed by atoms with Gasteiger partial charge in [-0.05, 0) is 30.9 Å². The summed E-state index contributed by atoms with van der Waals surface area (Å²) in [7, 11) is 0. The molecule has 1 amide bonds. The van der Waals surface area contributed by atoms with Gasteiger partial charge >= 0.3 is 5.97 Å². The minimum Gasteiger partial charge on any atom is -0.482 e. The predicted molar refractivity (Wildman–Crippen MR) is 73.6 cm³/mol. The Morgan fingerprint density at radius 1 is 1.43 bits per heavy atom. The maximum absolute atomic E-state index is 11.8. The van der Waals surface area contributed by atoms with E-state index in [0.717, 1.165) is 12.8 Å². The van der Waals surface area contributed by atoms with Gasteiger partial charge in [-0.1, -0.05) is 12.1 Å². The summed E-state index contributed by atoms with van der Waals surface area (Å²) in [4.78, 5) is 22.6. The molecule has 0 saturated heterocycles. The number of para-hydroxylation sites is 1. The Hall–Kier alpha value is -2.55. The number of carbonyl (C=O) groups excluding carboxylic acids is 1. The summed E-state index contributed by atoms with van der Waals surface area (Å²) in [6.07, 6.45) is 1.80. The first-order valence-electron chi connectivity index (χ1n) is 6.73. The van der Waals surface area contributed by atoms with Crippen LogP contribution in [-0.4, -0.2) is 29.6 Å². The Kier molecular flexibility index (Phi) is 4.77. The second-order valence-electron chi connectivity index (χ2n) is 5.01. The van der Waals surface area contributed by atoms with Crippen LogP contribution in [0.3, 0.4) is 0 Å². The molecule has 0 aliphatic heterocycles. The molecule has 1 aromatic carbocycles. The smallest absolute Gasteiger partial charge is 0.305 e. The number of carboxylic acids is 1. The van der Waals surface area contributed by atoms with E-state index in [0.29, 0.717) is 11.3 Å². The first kappa shape index (κ1) is 14.9. The molecular formula is C15H16N2O4. The summed E-state index contributed by atoms with van der Waals surface area (Å²) >= 11 is 0. The van der Waals surface area contributed by atoms with E-state index in [4.69, 9.17) is 15.1 Å². The van der Waals surface area contributed by atoms with Gasteiger partial charge in [0.1, 0.15) is 11.8 Å². The van der Waals surface area contributed by atoms with Crippen molar-refractivity contribution in [2.45, 2.75) is 25.3 Å². The second-order valence-corrected chi connectivity index (χ2v) is 5.01. The number of hydrogen-bond donors (Lipinski definition) is 2. The van der Waals surface area contributed by atoms with Crippen LogP contribution < -0.4 is 10.1 Å². The Balaban J connectivity index is 1.86. The van der Waals surface area contributed by atoms with Crippen molar-refractivity contribution in [1.29, 1.82) is 5.26 Å². The lowest BCUT2D eigenvalue weighted by Crippen LogP contribution is -2.40. The summed E-state index contributed by atoms with van der Waals surface area (Å²) < 4.78 is 5.31. The summed E-state index contributed by atoms with van der Waals surface area (Å²) in [6, 6.07) is 8.28. The molecular weight excluding hydrogens is 272 g/mol. The van der Waals surface area contributed by atoms with Crippen LogP contribution in [0.2, 0.25) is 0 Å². The zero-order valence-electron chi connectivity index (χ0n) is 11.4. The summed E-state index contributed by atoms with van der Waals surface area (Å²) in [5.74, 6) is -0.711. The minimum atomic E-state index is -0.928. The van der Waals surface area contributed by atoms with E-state index < -0.39 is 5.97 Å². The van der Waals surface area contributed by atoms with E-state index in [-0.39, 0.29) is 30.9 Å². The number of nitriles is 1. The third-order valence-corrected chi connectivity index (χ3v) is 3.30. The Morgan fingerprint density at radius 3 is 2.76 bits per heavy atom. The van der Waals surface area contributed by atoms with Crippen LogP contribution >= 0.6 is 0 Å². The largest absolute Gasteiger partial charge is 0.482 e. The van der Waals surface area contributed by atoms with Crippen molar-refractivity contribution in [3.05, 3.63) is 29.8 Å². The van der Waals surface area contributed by atoms with Crippen LogP contribution in [-0.2, 0) is 9.59 Å². The van der Waals surface area contributed by atoms with E-state index in [2.05, 4.69) is 5.32 Å². The van der Waals surface area contributed by atoms with E-state index in [9.17, 15) is 9.59 Å². The van der Waals surface area contributed by atoms with E-state index in [1.165, 1.54) is 0 Å². The van der Waals surface area contributed by atoms with Crippen LogP contribution in [0.25, 0.3) is 0 Å². The van der Waals surface area contributed by atoms with E-state index in [1.54, 1.807) is 24.3 Å². The third-order valence-electron chi connectivity index (χ3n) is 3.30. The predicted octanol–water partition coefficient (Wildman–Crippen LogP) is 1.31. The molecule has 2 rings (SSSR count). The number of aliphatic carboxylic acids is 1. The van der Waals surface area contributed by atoms with Crippen LogP contribution in [0, 0.1) is 17.2 Å². The molecule has 1 saturated carbocycles. The van der Waals surface area contributed by atoms with Gasteiger partial charge in [0.05, 0.1) is 12.0 Å². The summed E-state index contributed by atoms with van der Waals surface area (Å²) in [5, 5.41) is 20.4. The van der Waals surface area contributed by atoms with Crippen molar-refractivity contribution >= 4 is 11.9 Å². The number of carboxylic acid groups (broad SMARTS) is 1. The highest BCUT2D eigenvalue weighted by Crippen LogP contribution is 2.34. The highest BCUT2D eigenvalue weighted by Gasteiger charge is 2.33. The van der Waals surface area contributed by atoms with Gasteiger partial charge in [-0.25, -0.2) is 0 Å². The molecule has 6 nitrogen and oxygen atoms in total. The molecule has 110 valence electrons. The number of hydrogen-bond acceptors (Lipinski definition) is 4. The van der Waals surface area contributed by atoms with Gasteiger partial charge in [0.2, 0.25) is 0 Å². The summed E-state index contributed by atoms with van der Waals surface area (Å²) in [6.45, 7) is -0.235. The molecule has 0 heterocycles. The fraction of sp³-hybridized carbons (Fsp3) is 0.400. The van der Waals surface area contributed by atoms with Crippen molar-refractivity contribution < 1.29 is 19.4 Å². The number of rotatable bonds is 7. The molecule has 0 aromatic heterocycles. The van der Waals surface area contributed by atoms with Gasteiger partial charge in [-0.15, -0.1) is 0 Å². The molecule has 6 heteroatoms. The standard InChI is InChI=1S/C15H16N2O4/c16-8-11-3-1-2-4-13(11)21-9-14(18)17-12(7-15(19)20)10-5-6-10/h1-4,10,12H,5-7,9H2,(H,17,18)(H,19,20). The number of amides is 1. The second kappa shape index (κ2) is 6.75. The lowest BCUT2D eigenvalue weighted by molar-refractivity contribution is -0.138. The maximum atomic E-state index is 11.8. The van der Waals surface area contributed by atoms with Gasteiger partial charge in [0.25, 0.3) is 5.91 Å². The lowest BCUT2D eigenvalue weighted by atomic mass is 10.1. The number of benzene rings is 1. The Morgan fingerprint density at radius 2 is 2.14 bits per heavy atom. The van der Waals surface area contributed by atoms with Crippen molar-refractivity contribution in [3.63, 3.8) is 0 Å². The average molecular weight is 288 g/mol. The molecule has 0 spiro atoms. The van der Waals surface area contributed by atoms with Crippen molar-refractivity contribution in [2.24, 2.45) is 5.92 Å². The van der Waals surface area contributed by atoms with Gasteiger partial charge in [0, 0.05) is 6.04 Å². The van der Waals surface area contributed by atoms with Crippen molar-refractivity contribution in [1.82, 2.24) is 5.32 Å². The fourth-order valence-electron chi connectivity index (χ4n) is 2.10. The van der Waals surface area contributed by atoms with Gasteiger partial charge in [0.15, 0.2) is 6.61 Å². The average Bonchev–Trinajstić information content (AvgIpc) is 3.29. The van der Waals surface area contributed by atoms with Gasteiger partial charge in [-0.2, -0.15) is 5.26 Å². The first-order valence-corrected chi connectivity index (χ1v) is 6.73. The number of nitrogens with zero attached hydrogens (tertiary/aromatic N) is 1. The van der Waals surface area contributed by atoms with Crippen LogP contribution in [0.5, 0.6) is 5.75 Å². The van der Waals surface area contributed by atoms with Crippen LogP contribution in [0.4, 0.5) is 0 Å². The lowest BCUT2D eigenvalue weighted by Gasteiger charge is -2.16. The molecule has 21 heavy (non-hydrogen) atoms. The molecule has 1 unspecified atom stereocenters. The highest BCUT2D eigenvalue weighted by molar-refractivity contribution is 5.79. The Labute approximate surface area is 122 Å². The molecule has 2 N–H and O–H groups in total. The fourth-order valence-corrected chi connectivity index (χ4v) is 2.10. The zero-order chi connectivity index (χ0) is 15.2. The molecule has 0 bridgehead atoms. The van der Waals surface area contributed by atoms with Crippen LogP contribution in [0.1, 0.15) is 24.8 Å². The normalized spacial score (nSPS) is 14.8. The molecule has 0 radical (unpaired) electrons. The monoisotopic (exact) mass is 288 g/mol. The maximum Gasteiger partial charge on any atom is 0.305 e. The highest BCUT2D eigenvalue weighted by atomic mass is 16.5. The first-order chi connectivity index (χ1) is 10.1. The van der Waals surface area contributed by atoms with E-state index in [1.807, 2.05) is 6.07 Å². The zero-order valence-corrected chi connectivity index (χ0v) is 11.4. The molecule has 1 fully saturated rings. The van der Waals surface area contributed by atoms with E-state index >= 15 is 0 Å². The number of carbonyl (C=O) groups is 2. The molecule has 1 atom stereocenters. The minimum absolute atomic E-state index is 0.0782. The van der Waals surface area contributed by atoms with Crippen LogP contribution in [0.15, 0.2) is 24.3 Å². The molecule has 1 aliphatic carbocycles. The molecule has 1 aromatic rings.